The predicted molar refractivity (Wildman–Crippen MR) is 167 cm³/mol. The molecular formula is C33H34ClN5O3. The summed E-state index contributed by atoms with van der Waals surface area (Å²) < 4.78 is 7.87. The van der Waals surface area contributed by atoms with E-state index < -0.39 is 5.54 Å². The molecule has 0 fully saturated rings. The number of aryl methyl sites for hydroxylation is 2. The second-order valence-electron chi connectivity index (χ2n) is 11.3. The molecule has 4 aromatic rings. The fraction of sp³-hybridized carbons (Fsp3) is 0.303. The van der Waals surface area contributed by atoms with E-state index in [1.165, 1.54) is 0 Å². The number of amides is 2. The van der Waals surface area contributed by atoms with Crippen LogP contribution in [0.4, 0.5) is 17.1 Å². The van der Waals surface area contributed by atoms with Crippen LogP contribution in [0.15, 0.2) is 54.6 Å². The van der Waals surface area contributed by atoms with Gasteiger partial charge in [0, 0.05) is 47.7 Å². The lowest BCUT2D eigenvalue weighted by atomic mass is 9.86. The van der Waals surface area contributed by atoms with Crippen LogP contribution in [-0.2, 0) is 10.3 Å². The molecule has 0 radical (unpaired) electrons. The molecule has 3 heterocycles. The summed E-state index contributed by atoms with van der Waals surface area (Å²) in [6.45, 7) is 10.9. The monoisotopic (exact) mass is 583 g/mol. The number of methoxy groups -OCH3 is 1. The summed E-state index contributed by atoms with van der Waals surface area (Å²) in [5.74, 6) is 0.533. The van der Waals surface area contributed by atoms with E-state index in [2.05, 4.69) is 17.1 Å². The van der Waals surface area contributed by atoms with Crippen molar-refractivity contribution in [1.82, 2.24) is 9.55 Å². The van der Waals surface area contributed by atoms with Crippen molar-refractivity contribution >= 4 is 40.5 Å². The summed E-state index contributed by atoms with van der Waals surface area (Å²) in [5, 5.41) is 3.57. The molecule has 1 atom stereocenters. The molecule has 1 aromatic heterocycles. The zero-order chi connectivity index (χ0) is 30.1. The molecule has 0 bridgehead atoms. The van der Waals surface area contributed by atoms with Crippen LogP contribution in [0.25, 0.3) is 11.4 Å². The van der Waals surface area contributed by atoms with Crippen LogP contribution in [0.3, 0.4) is 0 Å². The van der Waals surface area contributed by atoms with Crippen molar-refractivity contribution in [2.45, 2.75) is 46.2 Å². The van der Waals surface area contributed by atoms with Crippen molar-refractivity contribution in [3.63, 3.8) is 0 Å². The minimum atomic E-state index is -1.49. The number of anilines is 3. The fourth-order valence-electron chi connectivity index (χ4n) is 6.25. The zero-order valence-corrected chi connectivity index (χ0v) is 25.6. The molecule has 1 spiro atoms. The van der Waals surface area contributed by atoms with Gasteiger partial charge < -0.3 is 19.5 Å². The molecule has 3 aromatic carbocycles. The number of rotatable bonds is 6. The van der Waals surface area contributed by atoms with E-state index in [1.54, 1.807) is 24.1 Å². The SMILES string of the molecule is CCN(C)c1ccc(-c2nc3c(n2C(C)C)C2(C(=O)Nc4cc(C)ccc42)N(c2cc(Cl)ccc2C)C3=O)c(OC)c1. The third-order valence-corrected chi connectivity index (χ3v) is 8.64. The van der Waals surface area contributed by atoms with Crippen LogP contribution in [0.1, 0.15) is 59.7 Å². The molecule has 0 saturated heterocycles. The Morgan fingerprint density at radius 3 is 2.52 bits per heavy atom. The van der Waals surface area contributed by atoms with Gasteiger partial charge in [-0.2, -0.15) is 0 Å². The van der Waals surface area contributed by atoms with Crippen molar-refractivity contribution in [2.24, 2.45) is 0 Å². The van der Waals surface area contributed by atoms with Crippen LogP contribution in [0.5, 0.6) is 5.75 Å². The summed E-state index contributed by atoms with van der Waals surface area (Å²) in [5.41, 5.74) is 4.78. The quantitative estimate of drug-likeness (QED) is 0.272. The first kappa shape index (κ1) is 27.8. The number of imidazole rings is 1. The zero-order valence-electron chi connectivity index (χ0n) is 24.9. The Morgan fingerprint density at radius 1 is 1.07 bits per heavy atom. The van der Waals surface area contributed by atoms with Crippen molar-refractivity contribution in [2.75, 3.05) is 35.8 Å². The lowest BCUT2D eigenvalue weighted by Gasteiger charge is -2.36. The minimum Gasteiger partial charge on any atom is -0.496 e. The summed E-state index contributed by atoms with van der Waals surface area (Å²) >= 11 is 6.47. The maximum Gasteiger partial charge on any atom is 0.280 e. The van der Waals surface area contributed by atoms with E-state index in [0.717, 1.165) is 28.9 Å². The Hall–Kier alpha value is -4.30. The van der Waals surface area contributed by atoms with E-state index in [9.17, 15) is 9.59 Å². The fourth-order valence-corrected chi connectivity index (χ4v) is 6.42. The Labute approximate surface area is 250 Å². The highest BCUT2D eigenvalue weighted by molar-refractivity contribution is 6.31. The van der Waals surface area contributed by atoms with Gasteiger partial charge in [-0.05, 0) is 76.1 Å². The van der Waals surface area contributed by atoms with Crippen molar-refractivity contribution in [3.8, 4) is 17.1 Å². The highest BCUT2D eigenvalue weighted by Crippen LogP contribution is 2.55. The number of nitrogens with zero attached hydrogens (tertiary/aromatic N) is 4. The van der Waals surface area contributed by atoms with Crippen molar-refractivity contribution in [3.05, 3.63) is 87.7 Å². The molecule has 1 unspecified atom stereocenters. The topological polar surface area (TPSA) is 79.7 Å². The number of halogens is 1. The molecule has 2 aliphatic rings. The van der Waals surface area contributed by atoms with Crippen LogP contribution in [0.2, 0.25) is 5.02 Å². The van der Waals surface area contributed by atoms with E-state index in [0.29, 0.717) is 39.2 Å². The molecule has 2 aliphatic heterocycles. The molecule has 216 valence electrons. The first-order valence-corrected chi connectivity index (χ1v) is 14.5. The molecule has 6 rings (SSSR count). The minimum absolute atomic E-state index is 0.147. The van der Waals surface area contributed by atoms with Crippen LogP contribution in [0, 0.1) is 13.8 Å². The van der Waals surface area contributed by atoms with Crippen molar-refractivity contribution in [1.29, 1.82) is 0 Å². The van der Waals surface area contributed by atoms with Crippen LogP contribution >= 0.6 is 11.6 Å². The van der Waals surface area contributed by atoms with Crippen LogP contribution in [-0.4, -0.2) is 42.1 Å². The van der Waals surface area contributed by atoms with Gasteiger partial charge in [0.25, 0.3) is 11.8 Å². The molecule has 42 heavy (non-hydrogen) atoms. The summed E-state index contributed by atoms with van der Waals surface area (Å²) in [6.07, 6.45) is 0. The largest absolute Gasteiger partial charge is 0.496 e. The highest BCUT2D eigenvalue weighted by Gasteiger charge is 2.64. The predicted octanol–water partition coefficient (Wildman–Crippen LogP) is 6.72. The smallest absolute Gasteiger partial charge is 0.280 e. The number of hydrogen-bond acceptors (Lipinski definition) is 5. The van der Waals surface area contributed by atoms with Gasteiger partial charge >= 0.3 is 0 Å². The summed E-state index contributed by atoms with van der Waals surface area (Å²) in [7, 11) is 3.65. The third kappa shape index (κ3) is 3.78. The Balaban J connectivity index is 1.70. The lowest BCUT2D eigenvalue weighted by Crippen LogP contribution is -2.51. The molecule has 1 N–H and O–H groups in total. The van der Waals surface area contributed by atoms with Gasteiger partial charge in [-0.25, -0.2) is 4.98 Å². The maximum absolute atomic E-state index is 14.6. The maximum atomic E-state index is 14.6. The van der Waals surface area contributed by atoms with E-state index in [-0.39, 0.29) is 23.6 Å². The average Bonchev–Trinajstić information content (AvgIpc) is 3.57. The van der Waals surface area contributed by atoms with Gasteiger partial charge in [0.05, 0.1) is 24.1 Å². The highest BCUT2D eigenvalue weighted by atomic mass is 35.5. The normalized spacial score (nSPS) is 17.2. The van der Waals surface area contributed by atoms with Crippen LogP contribution < -0.4 is 19.9 Å². The van der Waals surface area contributed by atoms with E-state index in [4.69, 9.17) is 21.3 Å². The average molecular weight is 584 g/mol. The number of carbonyl (C=O) groups is 2. The first-order chi connectivity index (χ1) is 20.0. The second-order valence-corrected chi connectivity index (χ2v) is 11.7. The number of hydrogen-bond donors (Lipinski definition) is 1. The van der Waals surface area contributed by atoms with E-state index in [1.807, 2.05) is 81.8 Å². The van der Waals surface area contributed by atoms with Gasteiger partial charge in [-0.3, -0.25) is 14.5 Å². The summed E-state index contributed by atoms with van der Waals surface area (Å²) in [4.78, 5) is 37.7. The Bertz CT molecular complexity index is 1780. The molecule has 0 saturated carbocycles. The molecule has 8 nitrogen and oxygen atoms in total. The van der Waals surface area contributed by atoms with Gasteiger partial charge in [0.2, 0.25) is 0 Å². The number of carbonyl (C=O) groups excluding carboxylic acids is 2. The number of aromatic nitrogens is 2. The number of benzene rings is 3. The lowest BCUT2D eigenvalue weighted by molar-refractivity contribution is -0.119. The molecular weight excluding hydrogens is 550 g/mol. The van der Waals surface area contributed by atoms with E-state index >= 15 is 0 Å². The standard InChI is InChI=1S/C33H34ClN5O3/c1-8-37(6)22-12-13-23(27(17-22)42-7)30-36-28-29(38(30)18(2)3)33(24-14-9-19(4)15-25(24)35-32(33)41)39(31(28)40)26-16-21(34)11-10-20(26)5/h9-18H,8H2,1-7H3,(H,35,41). The van der Waals surface area contributed by atoms with Gasteiger partial charge in [-0.1, -0.05) is 29.8 Å². The van der Waals surface area contributed by atoms with Gasteiger partial charge in [0.1, 0.15) is 11.6 Å². The summed E-state index contributed by atoms with van der Waals surface area (Å²) in [6, 6.07) is 17.0. The Morgan fingerprint density at radius 2 is 1.83 bits per heavy atom. The number of nitrogens with one attached hydrogen (secondary N) is 1. The number of fused-ring (bicyclic) bond motifs is 4. The first-order valence-electron chi connectivity index (χ1n) is 14.1. The molecule has 9 heteroatoms. The third-order valence-electron chi connectivity index (χ3n) is 8.41. The molecule has 0 aliphatic carbocycles. The second kappa shape index (κ2) is 9.91. The van der Waals surface area contributed by atoms with Gasteiger partial charge in [-0.15, -0.1) is 0 Å². The van der Waals surface area contributed by atoms with Crippen molar-refractivity contribution < 1.29 is 14.3 Å². The number of ether oxygens (including phenoxy) is 1. The molecule has 2 amide bonds. The van der Waals surface area contributed by atoms with Gasteiger partial charge in [0.15, 0.2) is 11.2 Å². The Kier molecular flexibility index (Phi) is 6.57.